The molecule has 16 aromatic rings. The number of aromatic nitrogens is 6. The van der Waals surface area contributed by atoms with Gasteiger partial charge in [0.15, 0.2) is 0 Å². The van der Waals surface area contributed by atoms with Crippen LogP contribution < -0.4 is 0 Å². The van der Waals surface area contributed by atoms with E-state index >= 15 is 0 Å². The molecule has 0 aliphatic carbocycles. The van der Waals surface area contributed by atoms with Crippen molar-refractivity contribution in [3.8, 4) is 67.5 Å². The standard InChI is InChI=1S/C72H46N6/c1-3-19-54(20-4-1)75-69-33-17-11-27-62(69)63-43-47(35-36-70(63)75)48-37-49(39-51(38-48)72-74-64-28-12-18-34-71(64)78(72)55-21-5-2-6-22-55)52-40-53(46-73-45-52)50-41-56(76-65-29-13-7-23-58(65)59-24-8-14-30-66(59)76)44-57(42-50)77-67-31-15-9-25-60(67)61-26-10-16-32-68(61)77/h1-46H. The SMILES string of the molecule is c1ccc(-n2c(-c3cc(-c4cncc(-c5cc(-n6c7ccccc7c7ccccc76)cc(-n6c7ccccc7c7ccccc76)c5)c4)cc(-c4ccc5c(c4)c4ccccc4n5-c4ccccc4)c3)nc3ccccc32)cc1. The van der Waals surface area contributed by atoms with Crippen molar-refractivity contribution in [2.45, 2.75) is 0 Å². The van der Waals surface area contributed by atoms with Crippen LogP contribution in [0.5, 0.6) is 0 Å². The average Bonchev–Trinajstić information content (AvgIpc) is 4.29. The van der Waals surface area contributed by atoms with E-state index in [0.717, 1.165) is 106 Å². The third kappa shape index (κ3) is 6.90. The molecule has 364 valence electrons. The number of hydrogen-bond donors (Lipinski definition) is 0. The lowest BCUT2D eigenvalue weighted by molar-refractivity contribution is 1.10. The summed E-state index contributed by atoms with van der Waals surface area (Å²) in [5.74, 6) is 0.867. The number of rotatable bonds is 8. The van der Waals surface area contributed by atoms with Gasteiger partial charge in [-0.1, -0.05) is 146 Å². The van der Waals surface area contributed by atoms with Crippen molar-refractivity contribution >= 4 is 76.5 Å². The van der Waals surface area contributed by atoms with Crippen LogP contribution in [0.2, 0.25) is 0 Å². The number of para-hydroxylation sites is 9. The molecule has 0 aliphatic heterocycles. The summed E-state index contributed by atoms with van der Waals surface area (Å²) in [5.41, 5.74) is 20.6. The van der Waals surface area contributed by atoms with Gasteiger partial charge in [-0.25, -0.2) is 4.98 Å². The maximum absolute atomic E-state index is 5.42. The summed E-state index contributed by atoms with van der Waals surface area (Å²) >= 11 is 0. The first-order valence-corrected chi connectivity index (χ1v) is 26.5. The Labute approximate surface area is 449 Å². The number of benzene rings is 11. The Morgan fingerprint density at radius 3 is 1.12 bits per heavy atom. The summed E-state index contributed by atoms with van der Waals surface area (Å²) in [7, 11) is 0. The van der Waals surface area contributed by atoms with Crippen LogP contribution >= 0.6 is 0 Å². The summed E-state index contributed by atoms with van der Waals surface area (Å²) in [6, 6.07) is 96.6. The Morgan fingerprint density at radius 2 is 0.590 bits per heavy atom. The molecule has 6 heteroatoms. The number of fused-ring (bicyclic) bond motifs is 10. The summed E-state index contributed by atoms with van der Waals surface area (Å²) in [6.07, 6.45) is 4.02. The van der Waals surface area contributed by atoms with Gasteiger partial charge < -0.3 is 13.7 Å². The molecule has 11 aromatic carbocycles. The maximum atomic E-state index is 5.42. The molecule has 0 bridgehead atoms. The van der Waals surface area contributed by atoms with Crippen molar-refractivity contribution in [3.63, 3.8) is 0 Å². The molecule has 0 N–H and O–H groups in total. The molecule has 78 heavy (non-hydrogen) atoms. The molecule has 0 atom stereocenters. The second-order valence-electron chi connectivity index (χ2n) is 20.3. The molecule has 6 nitrogen and oxygen atoms in total. The molecule has 0 radical (unpaired) electrons. The molecule has 0 saturated carbocycles. The first-order chi connectivity index (χ1) is 38.7. The Balaban J connectivity index is 0.928. The van der Waals surface area contributed by atoms with Crippen molar-refractivity contribution in [1.82, 2.24) is 28.2 Å². The molecule has 0 fully saturated rings. The molecule has 0 saturated heterocycles. The van der Waals surface area contributed by atoms with Gasteiger partial charge >= 0.3 is 0 Å². The molecule has 0 spiro atoms. The van der Waals surface area contributed by atoms with Gasteiger partial charge in [0.05, 0.1) is 44.1 Å². The van der Waals surface area contributed by atoms with Crippen LogP contribution in [0.15, 0.2) is 279 Å². The fraction of sp³-hybridized carbons (Fsp3) is 0. The van der Waals surface area contributed by atoms with Crippen molar-refractivity contribution in [2.24, 2.45) is 0 Å². The highest BCUT2D eigenvalue weighted by Crippen LogP contribution is 2.42. The predicted molar refractivity (Wildman–Crippen MR) is 324 cm³/mol. The van der Waals surface area contributed by atoms with Crippen LogP contribution in [0.1, 0.15) is 0 Å². The van der Waals surface area contributed by atoms with E-state index in [1.165, 1.54) is 37.8 Å². The fourth-order valence-corrected chi connectivity index (χ4v) is 12.3. The van der Waals surface area contributed by atoms with Crippen molar-refractivity contribution in [1.29, 1.82) is 0 Å². The largest absolute Gasteiger partial charge is 0.309 e. The minimum absolute atomic E-state index is 0.867. The zero-order chi connectivity index (χ0) is 51.3. The van der Waals surface area contributed by atoms with Crippen LogP contribution in [-0.4, -0.2) is 28.2 Å². The van der Waals surface area contributed by atoms with Gasteiger partial charge in [0, 0.05) is 84.2 Å². The third-order valence-electron chi connectivity index (χ3n) is 15.8. The lowest BCUT2D eigenvalue weighted by Gasteiger charge is -2.16. The van der Waals surface area contributed by atoms with Gasteiger partial charge in [0.1, 0.15) is 5.82 Å². The lowest BCUT2D eigenvalue weighted by atomic mass is 9.94. The van der Waals surface area contributed by atoms with E-state index in [0.29, 0.717) is 0 Å². The van der Waals surface area contributed by atoms with E-state index < -0.39 is 0 Å². The molecule has 5 heterocycles. The first-order valence-electron chi connectivity index (χ1n) is 26.5. The van der Waals surface area contributed by atoms with E-state index in [2.05, 4.69) is 285 Å². The van der Waals surface area contributed by atoms with Gasteiger partial charge in [0.25, 0.3) is 0 Å². The van der Waals surface area contributed by atoms with Crippen LogP contribution in [0.4, 0.5) is 0 Å². The monoisotopic (exact) mass is 994 g/mol. The summed E-state index contributed by atoms with van der Waals surface area (Å²) in [5, 5.41) is 7.29. The van der Waals surface area contributed by atoms with Gasteiger partial charge in [-0.15, -0.1) is 0 Å². The van der Waals surface area contributed by atoms with Crippen molar-refractivity contribution < 1.29 is 0 Å². The first kappa shape index (κ1) is 43.8. The Bertz CT molecular complexity index is 4800. The Hall–Kier alpha value is -10.6. The van der Waals surface area contributed by atoms with E-state index in [9.17, 15) is 0 Å². The minimum Gasteiger partial charge on any atom is -0.309 e. The highest BCUT2D eigenvalue weighted by atomic mass is 15.1. The van der Waals surface area contributed by atoms with Gasteiger partial charge in [0.2, 0.25) is 0 Å². The summed E-state index contributed by atoms with van der Waals surface area (Å²) < 4.78 is 9.51. The number of hydrogen-bond acceptors (Lipinski definition) is 2. The zero-order valence-corrected chi connectivity index (χ0v) is 42.2. The van der Waals surface area contributed by atoms with E-state index in [4.69, 9.17) is 9.97 Å². The van der Waals surface area contributed by atoms with Crippen molar-refractivity contribution in [2.75, 3.05) is 0 Å². The van der Waals surface area contributed by atoms with Crippen LogP contribution in [0.25, 0.3) is 144 Å². The summed E-state index contributed by atoms with van der Waals surface area (Å²) in [4.78, 5) is 10.5. The van der Waals surface area contributed by atoms with E-state index in [1.54, 1.807) is 0 Å². The number of imidazole rings is 1. The molecular formula is C72H46N6. The second kappa shape index (κ2) is 17.5. The predicted octanol–water partition coefficient (Wildman–Crippen LogP) is 18.4. The summed E-state index contributed by atoms with van der Waals surface area (Å²) in [6.45, 7) is 0. The number of pyridine rings is 1. The third-order valence-corrected chi connectivity index (χ3v) is 15.8. The minimum atomic E-state index is 0.867. The quantitative estimate of drug-likeness (QED) is 0.152. The van der Waals surface area contributed by atoms with Gasteiger partial charge in [-0.3, -0.25) is 9.55 Å². The average molecular weight is 995 g/mol. The molecule has 5 aromatic heterocycles. The molecular weight excluding hydrogens is 949 g/mol. The highest BCUT2D eigenvalue weighted by molar-refractivity contribution is 6.12. The van der Waals surface area contributed by atoms with Gasteiger partial charge in [-0.05, 0) is 144 Å². The Morgan fingerprint density at radius 1 is 0.218 bits per heavy atom. The fourth-order valence-electron chi connectivity index (χ4n) is 12.3. The normalized spacial score (nSPS) is 11.8. The van der Waals surface area contributed by atoms with Crippen LogP contribution in [-0.2, 0) is 0 Å². The van der Waals surface area contributed by atoms with Crippen molar-refractivity contribution in [3.05, 3.63) is 279 Å². The van der Waals surface area contributed by atoms with Crippen LogP contribution in [0, 0.1) is 0 Å². The molecule has 0 aliphatic rings. The maximum Gasteiger partial charge on any atom is 0.145 e. The smallest absolute Gasteiger partial charge is 0.145 e. The zero-order valence-electron chi connectivity index (χ0n) is 42.2. The molecule has 0 unspecified atom stereocenters. The van der Waals surface area contributed by atoms with E-state index in [-0.39, 0.29) is 0 Å². The second-order valence-corrected chi connectivity index (χ2v) is 20.3. The Kier molecular flexibility index (Phi) is 9.84. The highest BCUT2D eigenvalue weighted by Gasteiger charge is 2.21. The van der Waals surface area contributed by atoms with Crippen LogP contribution in [0.3, 0.4) is 0 Å². The van der Waals surface area contributed by atoms with E-state index in [1.807, 2.05) is 12.4 Å². The lowest BCUT2D eigenvalue weighted by Crippen LogP contribution is -2.00. The number of nitrogens with zero attached hydrogens (tertiary/aromatic N) is 6. The van der Waals surface area contributed by atoms with Gasteiger partial charge in [-0.2, -0.15) is 0 Å². The molecule has 16 rings (SSSR count). The topological polar surface area (TPSA) is 45.5 Å². The molecule has 0 amide bonds.